The van der Waals surface area contributed by atoms with E-state index < -0.39 is 11.6 Å². The third-order valence-electron chi connectivity index (χ3n) is 7.52. The van der Waals surface area contributed by atoms with Gasteiger partial charge in [-0.3, -0.25) is 9.48 Å². The summed E-state index contributed by atoms with van der Waals surface area (Å²) in [6, 6.07) is 13.6. The van der Waals surface area contributed by atoms with Crippen molar-refractivity contribution in [1.29, 1.82) is 0 Å². The summed E-state index contributed by atoms with van der Waals surface area (Å²) in [5.74, 6) is -1.76. The molecule has 1 N–H and O–H groups in total. The van der Waals surface area contributed by atoms with Crippen molar-refractivity contribution >= 4 is 5.78 Å². The molecule has 0 amide bonds. The number of methoxy groups -OCH3 is 1. The number of carbonyl (C=O) groups is 1. The number of para-hydroxylation sites is 1. The van der Waals surface area contributed by atoms with Gasteiger partial charge in [0.2, 0.25) is 0 Å². The first-order chi connectivity index (χ1) is 18.8. The first-order valence-corrected chi connectivity index (χ1v) is 13.2. The van der Waals surface area contributed by atoms with Crippen LogP contribution in [0.2, 0.25) is 0 Å². The number of aryl methyl sites for hydroxylation is 1. The van der Waals surface area contributed by atoms with Crippen molar-refractivity contribution in [3.05, 3.63) is 89.4 Å². The van der Waals surface area contributed by atoms with Crippen molar-refractivity contribution in [2.24, 2.45) is 13.0 Å². The molecule has 9 heteroatoms. The van der Waals surface area contributed by atoms with Crippen molar-refractivity contribution < 1.29 is 18.3 Å². The van der Waals surface area contributed by atoms with Gasteiger partial charge in [-0.15, -0.1) is 0 Å². The predicted molar refractivity (Wildman–Crippen MR) is 144 cm³/mol. The van der Waals surface area contributed by atoms with E-state index in [-0.39, 0.29) is 30.2 Å². The molecule has 0 bridgehead atoms. The highest BCUT2D eigenvalue weighted by molar-refractivity contribution is 5.82. The Hall–Kier alpha value is -3.69. The van der Waals surface area contributed by atoms with Crippen LogP contribution in [-0.2, 0) is 23.0 Å². The van der Waals surface area contributed by atoms with Gasteiger partial charge in [-0.1, -0.05) is 24.3 Å². The Kier molecular flexibility index (Phi) is 7.99. The summed E-state index contributed by atoms with van der Waals surface area (Å²) in [4.78, 5) is 13.6. The number of carbonyl (C=O) groups excluding carboxylic acids is 1. The molecule has 5 rings (SSSR count). The monoisotopic (exact) mass is 533 g/mol. The summed E-state index contributed by atoms with van der Waals surface area (Å²) >= 11 is 0. The zero-order chi connectivity index (χ0) is 27.5. The number of nitrogens with zero attached hydrogens (tertiary/aromatic N) is 4. The molecule has 4 aromatic rings. The average Bonchev–Trinajstić information content (AvgIpc) is 3.62. The smallest absolute Gasteiger partial charge is 0.159 e. The molecule has 39 heavy (non-hydrogen) atoms. The van der Waals surface area contributed by atoms with Crippen molar-refractivity contribution in [2.75, 3.05) is 13.7 Å². The van der Waals surface area contributed by atoms with Crippen LogP contribution in [0.25, 0.3) is 16.9 Å². The second-order valence-electron chi connectivity index (χ2n) is 10.3. The third kappa shape index (κ3) is 5.84. The van der Waals surface area contributed by atoms with Gasteiger partial charge in [0.05, 0.1) is 23.3 Å². The predicted octanol–water partition coefficient (Wildman–Crippen LogP) is 5.12. The number of rotatable bonds is 10. The standard InChI is InChI=1S/C30H33F2N5O2/c1-19-28(37(24-7-5-4-6-8-24)35-29(19)22-17-33-36(2)18-22)16-25(38)14-21-13-23(11-12-39-3)34-30(21)20-9-10-26(31)27(32)15-20/h4-10,15,17-18,21,23,30,34H,11-14,16H2,1-3H3/t21-,23?,30-/m0/s1. The zero-order valence-corrected chi connectivity index (χ0v) is 22.4. The Labute approximate surface area is 226 Å². The summed E-state index contributed by atoms with van der Waals surface area (Å²) in [5, 5.41) is 12.7. The molecule has 0 aliphatic carbocycles. The Bertz CT molecular complexity index is 1450. The average molecular weight is 534 g/mol. The van der Waals surface area contributed by atoms with Gasteiger partial charge in [0, 0.05) is 57.4 Å². The molecule has 204 valence electrons. The number of ketones is 1. The van der Waals surface area contributed by atoms with Gasteiger partial charge in [-0.2, -0.15) is 10.2 Å². The number of Topliss-reactive ketones (excluding diaryl/α,β-unsaturated/α-hetero) is 1. The van der Waals surface area contributed by atoms with E-state index in [0.717, 1.165) is 47.1 Å². The fourth-order valence-corrected chi connectivity index (χ4v) is 5.59. The molecule has 1 saturated heterocycles. The van der Waals surface area contributed by atoms with Crippen LogP contribution in [0.1, 0.15) is 42.1 Å². The van der Waals surface area contributed by atoms with Crippen LogP contribution in [0.15, 0.2) is 60.9 Å². The van der Waals surface area contributed by atoms with Crippen LogP contribution in [0.3, 0.4) is 0 Å². The van der Waals surface area contributed by atoms with Crippen LogP contribution < -0.4 is 5.32 Å². The van der Waals surface area contributed by atoms with E-state index in [2.05, 4.69) is 10.4 Å². The molecule has 2 aromatic heterocycles. The Morgan fingerprint density at radius 2 is 1.95 bits per heavy atom. The molecule has 3 heterocycles. The largest absolute Gasteiger partial charge is 0.385 e. The number of hydrogen-bond acceptors (Lipinski definition) is 5. The van der Waals surface area contributed by atoms with Gasteiger partial charge in [0.15, 0.2) is 11.6 Å². The van der Waals surface area contributed by atoms with Crippen molar-refractivity contribution in [1.82, 2.24) is 24.9 Å². The number of ether oxygens (including phenoxy) is 1. The molecule has 2 aromatic carbocycles. The minimum atomic E-state index is -0.884. The lowest BCUT2D eigenvalue weighted by molar-refractivity contribution is -0.119. The second-order valence-corrected chi connectivity index (χ2v) is 10.3. The van der Waals surface area contributed by atoms with Crippen molar-refractivity contribution in [2.45, 2.75) is 44.7 Å². The van der Waals surface area contributed by atoms with Crippen molar-refractivity contribution in [3.63, 3.8) is 0 Å². The molecule has 1 aliphatic rings. The van der Waals surface area contributed by atoms with E-state index >= 15 is 0 Å². The molecule has 0 spiro atoms. The molecule has 1 aliphatic heterocycles. The third-order valence-corrected chi connectivity index (χ3v) is 7.52. The lowest BCUT2D eigenvalue weighted by Gasteiger charge is -2.20. The van der Waals surface area contributed by atoms with E-state index in [1.54, 1.807) is 24.1 Å². The number of hydrogen-bond donors (Lipinski definition) is 1. The Morgan fingerprint density at radius 3 is 2.64 bits per heavy atom. The number of aromatic nitrogens is 4. The molecule has 0 radical (unpaired) electrons. The fourth-order valence-electron chi connectivity index (χ4n) is 5.59. The lowest BCUT2D eigenvalue weighted by atomic mass is 9.87. The summed E-state index contributed by atoms with van der Waals surface area (Å²) in [5.41, 5.74) is 4.96. The summed E-state index contributed by atoms with van der Waals surface area (Å²) in [6.45, 7) is 2.56. The van der Waals surface area contributed by atoms with Gasteiger partial charge in [0.1, 0.15) is 5.78 Å². The maximum Gasteiger partial charge on any atom is 0.159 e. The van der Waals surface area contributed by atoms with E-state index in [9.17, 15) is 13.6 Å². The summed E-state index contributed by atoms with van der Waals surface area (Å²) in [7, 11) is 3.51. The fraction of sp³-hybridized carbons (Fsp3) is 0.367. The quantitative estimate of drug-likeness (QED) is 0.307. The van der Waals surface area contributed by atoms with E-state index in [1.807, 2.05) is 55.2 Å². The topological polar surface area (TPSA) is 74.0 Å². The first kappa shape index (κ1) is 26.9. The minimum absolute atomic E-state index is 0.0598. The van der Waals surface area contributed by atoms with Crippen LogP contribution in [0.4, 0.5) is 8.78 Å². The molecular weight excluding hydrogens is 500 g/mol. The van der Waals surface area contributed by atoms with E-state index in [1.165, 1.54) is 6.07 Å². The van der Waals surface area contributed by atoms with Gasteiger partial charge in [0.25, 0.3) is 0 Å². The first-order valence-electron chi connectivity index (χ1n) is 13.2. The van der Waals surface area contributed by atoms with Crippen LogP contribution in [0.5, 0.6) is 0 Å². The normalized spacial score (nSPS) is 19.1. The molecule has 0 saturated carbocycles. The molecule has 1 fully saturated rings. The SMILES string of the molecule is COCCC1C[C@@H](CC(=O)Cc2c(C)c(-c3cnn(C)c3)nn2-c2ccccc2)[C@H](c2ccc(F)c(F)c2)N1. The summed E-state index contributed by atoms with van der Waals surface area (Å²) < 4.78 is 36.6. The maximum absolute atomic E-state index is 14.1. The highest BCUT2D eigenvalue weighted by atomic mass is 19.2. The Morgan fingerprint density at radius 1 is 1.15 bits per heavy atom. The van der Waals surface area contributed by atoms with Crippen LogP contribution in [-0.4, -0.2) is 45.1 Å². The zero-order valence-electron chi connectivity index (χ0n) is 22.4. The molecule has 1 unspecified atom stereocenters. The van der Waals surface area contributed by atoms with Gasteiger partial charge in [-0.05, 0) is 61.1 Å². The van der Waals surface area contributed by atoms with E-state index in [4.69, 9.17) is 9.84 Å². The molecule has 3 atom stereocenters. The highest BCUT2D eigenvalue weighted by Gasteiger charge is 2.36. The van der Waals surface area contributed by atoms with Crippen LogP contribution >= 0.6 is 0 Å². The number of benzene rings is 2. The lowest BCUT2D eigenvalue weighted by Crippen LogP contribution is -2.26. The van der Waals surface area contributed by atoms with Gasteiger partial charge in [-0.25, -0.2) is 13.5 Å². The Balaban J connectivity index is 1.42. The van der Waals surface area contributed by atoms with Crippen LogP contribution in [0, 0.1) is 24.5 Å². The second kappa shape index (κ2) is 11.6. The van der Waals surface area contributed by atoms with Crippen molar-refractivity contribution in [3.8, 4) is 16.9 Å². The summed E-state index contributed by atoms with van der Waals surface area (Å²) in [6.07, 6.45) is 5.71. The number of nitrogens with one attached hydrogen (secondary N) is 1. The van der Waals surface area contributed by atoms with Gasteiger partial charge >= 0.3 is 0 Å². The number of halogens is 2. The van der Waals surface area contributed by atoms with Gasteiger partial charge < -0.3 is 10.1 Å². The molecule has 7 nitrogen and oxygen atoms in total. The molecular formula is C30H33F2N5O2. The maximum atomic E-state index is 14.1. The van der Waals surface area contributed by atoms with E-state index in [0.29, 0.717) is 18.6 Å². The minimum Gasteiger partial charge on any atom is -0.385 e. The highest BCUT2D eigenvalue weighted by Crippen LogP contribution is 2.37.